The summed E-state index contributed by atoms with van der Waals surface area (Å²) in [5.41, 5.74) is 0.743. The van der Waals surface area contributed by atoms with Crippen molar-refractivity contribution in [3.8, 4) is 0 Å². The van der Waals surface area contributed by atoms with Crippen LogP contribution in [-0.4, -0.2) is 69.9 Å². The number of hydrogen-bond acceptors (Lipinski definition) is 8. The van der Waals surface area contributed by atoms with Crippen molar-refractivity contribution in [3.05, 3.63) is 53.8 Å². The molecule has 0 radical (unpaired) electrons. The maximum Gasteiger partial charge on any atom is 0.329 e. The molecule has 2 aliphatic rings. The van der Waals surface area contributed by atoms with Gasteiger partial charge in [-0.05, 0) is 31.8 Å². The Kier molecular flexibility index (Phi) is 10.8. The van der Waals surface area contributed by atoms with Crippen molar-refractivity contribution in [2.24, 2.45) is 11.8 Å². The van der Waals surface area contributed by atoms with Gasteiger partial charge >= 0.3 is 5.97 Å². The molecule has 1 aromatic rings. The van der Waals surface area contributed by atoms with E-state index in [-0.39, 0.29) is 54.5 Å². The Morgan fingerprint density at radius 3 is 2.74 bits per heavy atom. The average molecular weight is 542 g/mol. The number of nitrogens with one attached hydrogen (secondary N) is 1. The van der Waals surface area contributed by atoms with E-state index < -0.39 is 30.1 Å². The molecule has 5 atom stereocenters. The van der Waals surface area contributed by atoms with Crippen molar-refractivity contribution in [3.63, 3.8) is 0 Å². The maximum atomic E-state index is 13.3. The molecule has 3 rings (SSSR count). The van der Waals surface area contributed by atoms with E-state index in [0.29, 0.717) is 19.4 Å². The van der Waals surface area contributed by atoms with Crippen LogP contribution in [0.3, 0.4) is 0 Å². The number of amides is 2. The molecule has 0 spiro atoms. The number of aliphatic hydroxyl groups excluding tert-OH is 1. The number of oxazole rings is 1. The van der Waals surface area contributed by atoms with Crippen LogP contribution in [0.15, 0.2) is 46.6 Å². The third-order valence-electron chi connectivity index (χ3n) is 7.10. The molecule has 10 heteroatoms. The van der Waals surface area contributed by atoms with Crippen LogP contribution in [0.4, 0.5) is 0 Å². The molecule has 2 amide bonds. The van der Waals surface area contributed by atoms with Crippen LogP contribution in [0.25, 0.3) is 0 Å². The second-order valence-corrected chi connectivity index (χ2v) is 10.3. The van der Waals surface area contributed by atoms with E-state index >= 15 is 0 Å². The second-order valence-electron chi connectivity index (χ2n) is 10.3. The number of allylic oxidation sites excluding steroid dienone is 2. The lowest BCUT2D eigenvalue weighted by Gasteiger charge is -2.30. The summed E-state index contributed by atoms with van der Waals surface area (Å²) in [6, 6.07) is -0.760. The molecule has 0 unspecified atom stereocenters. The molecule has 10 nitrogen and oxygen atoms in total. The van der Waals surface area contributed by atoms with Gasteiger partial charge in [0.2, 0.25) is 11.8 Å². The van der Waals surface area contributed by atoms with Crippen molar-refractivity contribution in [1.29, 1.82) is 0 Å². The predicted octanol–water partition coefficient (Wildman–Crippen LogP) is 2.92. The summed E-state index contributed by atoms with van der Waals surface area (Å²) in [5.74, 6) is -1.69. The van der Waals surface area contributed by atoms with Gasteiger partial charge in [-0.15, -0.1) is 0 Å². The van der Waals surface area contributed by atoms with Gasteiger partial charge in [0.05, 0.1) is 12.5 Å². The van der Waals surface area contributed by atoms with Crippen LogP contribution >= 0.6 is 0 Å². The number of Topliss-reactive ketones (excluding diaryl/α,β-unsaturated/α-hetero) is 1. The fourth-order valence-electron chi connectivity index (χ4n) is 4.78. The Morgan fingerprint density at radius 2 is 2.00 bits per heavy atom. The van der Waals surface area contributed by atoms with E-state index in [2.05, 4.69) is 10.3 Å². The van der Waals surface area contributed by atoms with Gasteiger partial charge in [0.1, 0.15) is 24.2 Å². The van der Waals surface area contributed by atoms with Crippen molar-refractivity contribution >= 4 is 23.6 Å². The van der Waals surface area contributed by atoms with Gasteiger partial charge in [-0.2, -0.15) is 0 Å². The first-order valence-electron chi connectivity index (χ1n) is 13.6. The van der Waals surface area contributed by atoms with E-state index in [1.165, 1.54) is 17.2 Å². The second kappa shape index (κ2) is 14.0. The predicted molar refractivity (Wildman–Crippen MR) is 143 cm³/mol. The van der Waals surface area contributed by atoms with Crippen LogP contribution in [0.2, 0.25) is 0 Å². The van der Waals surface area contributed by atoms with Crippen molar-refractivity contribution in [1.82, 2.24) is 15.2 Å². The number of aliphatic hydroxyl groups is 1. The highest BCUT2D eigenvalue weighted by atomic mass is 16.5. The Hall–Kier alpha value is -3.53. The van der Waals surface area contributed by atoms with Crippen LogP contribution in [0, 0.1) is 11.8 Å². The van der Waals surface area contributed by atoms with E-state index in [0.717, 1.165) is 12.0 Å². The number of esters is 1. The lowest BCUT2D eigenvalue weighted by atomic mass is 9.91. The molecule has 39 heavy (non-hydrogen) atoms. The van der Waals surface area contributed by atoms with Crippen molar-refractivity contribution < 1.29 is 33.4 Å². The van der Waals surface area contributed by atoms with E-state index in [1.807, 2.05) is 20.8 Å². The quantitative estimate of drug-likeness (QED) is 0.545. The molecule has 2 aliphatic heterocycles. The number of cyclic esters (lactones) is 1. The number of ether oxygens (including phenoxy) is 1. The van der Waals surface area contributed by atoms with Crippen LogP contribution in [-0.2, 0) is 25.5 Å². The lowest BCUT2D eigenvalue weighted by molar-refractivity contribution is -0.158. The molecule has 1 fully saturated rings. The minimum atomic E-state index is -1.01. The number of hydrogen-bond donors (Lipinski definition) is 2. The summed E-state index contributed by atoms with van der Waals surface area (Å²) in [5, 5.41) is 13.0. The normalized spacial score (nSPS) is 30.0. The number of nitrogens with zero attached hydrogens (tertiary/aromatic N) is 2. The summed E-state index contributed by atoms with van der Waals surface area (Å²) >= 11 is 0. The minimum Gasteiger partial charge on any atom is -0.460 e. The van der Waals surface area contributed by atoms with Crippen LogP contribution < -0.4 is 5.32 Å². The number of aromatic nitrogens is 1. The standard InChI is InChI=1S/C29H39N3O7/c1-5-19(3)27-20(4)10-11-25(35)30-12-6-8-18(2)14-21(33)15-22(34)16-26-31-23(17-38-26)28(36)32-13-7-9-24(32)29(37)39-27/h6,8,10-11,14,17,19-21,24,27,33H,5,7,9,12-13,15-16H2,1-4H3,(H,30,35)/b8-6+,11-10+,18-14+/t19-,20+,21+,24+,27+/m0/s1. The summed E-state index contributed by atoms with van der Waals surface area (Å²) in [4.78, 5) is 56.9. The van der Waals surface area contributed by atoms with E-state index in [1.54, 1.807) is 31.2 Å². The number of rotatable bonds is 2. The smallest absolute Gasteiger partial charge is 0.329 e. The Bertz CT molecular complexity index is 1140. The van der Waals surface area contributed by atoms with Gasteiger partial charge in [0, 0.05) is 25.4 Å². The molecule has 212 valence electrons. The topological polar surface area (TPSA) is 139 Å². The highest BCUT2D eigenvalue weighted by molar-refractivity contribution is 5.95. The highest BCUT2D eigenvalue weighted by Crippen LogP contribution is 2.26. The summed E-state index contributed by atoms with van der Waals surface area (Å²) in [6.07, 6.45) is 9.45. The van der Waals surface area contributed by atoms with Crippen LogP contribution in [0.1, 0.15) is 69.8 Å². The minimum absolute atomic E-state index is 0.0121. The zero-order chi connectivity index (χ0) is 28.5. The first kappa shape index (κ1) is 30.0. The number of ketones is 1. The highest BCUT2D eigenvalue weighted by Gasteiger charge is 2.39. The molecule has 0 aromatic carbocycles. The molecule has 2 N–H and O–H groups in total. The van der Waals surface area contributed by atoms with E-state index in [4.69, 9.17) is 9.15 Å². The average Bonchev–Trinajstić information content (AvgIpc) is 3.57. The van der Waals surface area contributed by atoms with Gasteiger partial charge in [0.15, 0.2) is 5.69 Å². The fourth-order valence-corrected chi connectivity index (χ4v) is 4.78. The molecule has 3 heterocycles. The van der Waals surface area contributed by atoms with Crippen molar-refractivity contribution in [2.45, 2.75) is 78.0 Å². The van der Waals surface area contributed by atoms with Gasteiger partial charge in [-0.3, -0.25) is 14.4 Å². The van der Waals surface area contributed by atoms with Crippen LogP contribution in [0.5, 0.6) is 0 Å². The van der Waals surface area contributed by atoms with Crippen molar-refractivity contribution in [2.75, 3.05) is 13.1 Å². The Labute approximate surface area is 229 Å². The molecule has 0 aliphatic carbocycles. The summed E-state index contributed by atoms with van der Waals surface area (Å²) in [7, 11) is 0. The molecular formula is C29H39N3O7. The first-order chi connectivity index (χ1) is 18.6. The monoisotopic (exact) mass is 541 g/mol. The summed E-state index contributed by atoms with van der Waals surface area (Å²) in [6.45, 7) is 8.32. The molecule has 0 saturated carbocycles. The number of carbonyl (C=O) groups is 4. The third kappa shape index (κ3) is 8.48. The SMILES string of the molecule is CC[C@H](C)[C@H]1OC(=O)[C@H]2CCCN2C(=O)c2coc(n2)CC(=O)C[C@H](O)/C=C(C)/C=C/CNC(=O)/C=C/[C@H]1C. The first-order valence-corrected chi connectivity index (χ1v) is 13.6. The lowest BCUT2D eigenvalue weighted by Crippen LogP contribution is -2.44. The zero-order valence-electron chi connectivity index (χ0n) is 23.1. The maximum absolute atomic E-state index is 13.3. The third-order valence-corrected chi connectivity index (χ3v) is 7.10. The number of carbonyl (C=O) groups excluding carboxylic acids is 4. The van der Waals surface area contributed by atoms with Gasteiger partial charge in [-0.25, -0.2) is 9.78 Å². The molecule has 1 saturated heterocycles. The number of fused-ring (bicyclic) bond motifs is 3. The Morgan fingerprint density at radius 1 is 1.23 bits per heavy atom. The zero-order valence-corrected chi connectivity index (χ0v) is 23.1. The van der Waals surface area contributed by atoms with Gasteiger partial charge in [0.25, 0.3) is 5.91 Å². The van der Waals surface area contributed by atoms with Gasteiger partial charge < -0.3 is 24.5 Å². The molecule has 1 aromatic heterocycles. The van der Waals surface area contributed by atoms with Gasteiger partial charge in [-0.1, -0.05) is 57.1 Å². The van der Waals surface area contributed by atoms with E-state index in [9.17, 15) is 24.3 Å². The Balaban J connectivity index is 1.87. The summed E-state index contributed by atoms with van der Waals surface area (Å²) < 4.78 is 11.3. The fraction of sp³-hybridized carbons (Fsp3) is 0.552. The largest absolute Gasteiger partial charge is 0.460 e. The molecular weight excluding hydrogens is 502 g/mol. The molecule has 2 bridgehead atoms.